The Kier molecular flexibility index (Phi) is 3.88. The molecule has 4 rings (SSSR count). The van der Waals surface area contributed by atoms with Crippen LogP contribution in [0.25, 0.3) is 10.9 Å². The van der Waals surface area contributed by atoms with Gasteiger partial charge in [-0.1, -0.05) is 24.3 Å². The molecule has 4 N–H and O–H groups in total. The second kappa shape index (κ2) is 6.22. The van der Waals surface area contributed by atoms with Crippen LogP contribution in [0.3, 0.4) is 0 Å². The van der Waals surface area contributed by atoms with Gasteiger partial charge in [0.05, 0.1) is 0 Å². The van der Waals surface area contributed by atoms with Gasteiger partial charge in [0.2, 0.25) is 5.91 Å². The molecule has 2 heterocycles. The average molecular weight is 348 g/mol. The van der Waals surface area contributed by atoms with Crippen LogP contribution >= 0.6 is 0 Å². The summed E-state index contributed by atoms with van der Waals surface area (Å²) in [6, 6.07) is 13.1. The minimum atomic E-state index is -0.500. The standard InChI is InChI=1S/C20H20N4O2/c1-12-6-7-13(10-15(12)19(21)25)22-20(26)24-9-8-18-16(11-24)14-4-2-3-5-17(14)23-18/h2-7,10,23H,8-9,11H2,1H3,(H2,21,25)(H,22,26). The van der Waals surface area contributed by atoms with Crippen molar-refractivity contribution in [2.24, 2.45) is 5.73 Å². The number of rotatable bonds is 2. The zero-order valence-corrected chi connectivity index (χ0v) is 14.5. The minimum absolute atomic E-state index is 0.180. The summed E-state index contributed by atoms with van der Waals surface area (Å²) in [5.74, 6) is -0.500. The van der Waals surface area contributed by atoms with Gasteiger partial charge in [-0.25, -0.2) is 4.79 Å². The van der Waals surface area contributed by atoms with Crippen molar-refractivity contribution in [2.75, 3.05) is 11.9 Å². The van der Waals surface area contributed by atoms with Crippen molar-refractivity contribution in [2.45, 2.75) is 19.9 Å². The van der Waals surface area contributed by atoms with E-state index >= 15 is 0 Å². The number of aromatic nitrogens is 1. The van der Waals surface area contributed by atoms with Crippen LogP contribution in [0.2, 0.25) is 0 Å². The SMILES string of the molecule is Cc1ccc(NC(=O)N2CCc3[nH]c4ccccc4c3C2)cc1C(N)=O. The molecule has 1 aliphatic heterocycles. The molecule has 0 radical (unpaired) electrons. The summed E-state index contributed by atoms with van der Waals surface area (Å²) in [4.78, 5) is 29.4. The van der Waals surface area contributed by atoms with E-state index < -0.39 is 5.91 Å². The summed E-state index contributed by atoms with van der Waals surface area (Å²) in [7, 11) is 0. The molecule has 132 valence electrons. The number of hydrogen-bond donors (Lipinski definition) is 3. The van der Waals surface area contributed by atoms with Gasteiger partial charge in [-0.2, -0.15) is 0 Å². The largest absolute Gasteiger partial charge is 0.366 e. The van der Waals surface area contributed by atoms with E-state index in [0.29, 0.717) is 24.3 Å². The summed E-state index contributed by atoms with van der Waals surface area (Å²) >= 11 is 0. The quantitative estimate of drug-likeness (QED) is 0.664. The molecule has 6 nitrogen and oxygen atoms in total. The van der Waals surface area contributed by atoms with E-state index in [-0.39, 0.29) is 6.03 Å². The van der Waals surface area contributed by atoms with Crippen LogP contribution in [-0.2, 0) is 13.0 Å². The fourth-order valence-electron chi connectivity index (χ4n) is 3.51. The molecule has 0 aliphatic carbocycles. The summed E-state index contributed by atoms with van der Waals surface area (Å²) in [6.07, 6.45) is 0.790. The van der Waals surface area contributed by atoms with E-state index in [0.717, 1.165) is 22.9 Å². The van der Waals surface area contributed by atoms with Crippen LogP contribution in [0.1, 0.15) is 27.2 Å². The predicted molar refractivity (Wildman–Crippen MR) is 101 cm³/mol. The molecule has 2 aromatic carbocycles. The zero-order chi connectivity index (χ0) is 18.3. The van der Waals surface area contributed by atoms with Gasteiger partial charge in [-0.3, -0.25) is 4.79 Å². The highest BCUT2D eigenvalue weighted by atomic mass is 16.2. The summed E-state index contributed by atoms with van der Waals surface area (Å²) in [5.41, 5.74) is 10.6. The lowest BCUT2D eigenvalue weighted by atomic mass is 10.0. The number of hydrogen-bond acceptors (Lipinski definition) is 2. The van der Waals surface area contributed by atoms with Gasteiger partial charge in [0.1, 0.15) is 0 Å². The number of benzene rings is 2. The van der Waals surface area contributed by atoms with Crippen LogP contribution in [0.5, 0.6) is 0 Å². The molecule has 0 spiro atoms. The number of primary amides is 1. The number of nitrogens with two attached hydrogens (primary N) is 1. The number of H-pyrrole nitrogens is 1. The van der Waals surface area contributed by atoms with Gasteiger partial charge in [-0.15, -0.1) is 0 Å². The fourth-order valence-corrected chi connectivity index (χ4v) is 3.51. The highest BCUT2D eigenvalue weighted by Gasteiger charge is 2.24. The van der Waals surface area contributed by atoms with Crippen molar-refractivity contribution in [1.82, 2.24) is 9.88 Å². The Morgan fingerprint density at radius 1 is 1.19 bits per heavy atom. The van der Waals surface area contributed by atoms with E-state index in [2.05, 4.69) is 22.4 Å². The first-order chi connectivity index (χ1) is 12.5. The van der Waals surface area contributed by atoms with Gasteiger partial charge < -0.3 is 20.9 Å². The number of fused-ring (bicyclic) bond motifs is 3. The van der Waals surface area contributed by atoms with Gasteiger partial charge >= 0.3 is 6.03 Å². The molecule has 3 amide bonds. The third kappa shape index (κ3) is 2.79. The van der Waals surface area contributed by atoms with Crippen molar-refractivity contribution in [3.05, 3.63) is 64.8 Å². The molecule has 0 saturated heterocycles. The van der Waals surface area contributed by atoms with E-state index in [1.807, 2.05) is 19.1 Å². The number of aromatic amines is 1. The average Bonchev–Trinajstić information content (AvgIpc) is 3.01. The smallest absolute Gasteiger partial charge is 0.322 e. The van der Waals surface area contributed by atoms with E-state index in [1.165, 1.54) is 11.3 Å². The minimum Gasteiger partial charge on any atom is -0.366 e. The molecule has 3 aromatic rings. The molecule has 0 bridgehead atoms. The second-order valence-corrected chi connectivity index (χ2v) is 6.62. The van der Waals surface area contributed by atoms with Crippen molar-refractivity contribution < 1.29 is 9.59 Å². The van der Waals surface area contributed by atoms with Gasteiger partial charge in [0, 0.05) is 52.9 Å². The van der Waals surface area contributed by atoms with Crippen LogP contribution in [-0.4, -0.2) is 28.4 Å². The Balaban J connectivity index is 1.55. The van der Waals surface area contributed by atoms with E-state index in [9.17, 15) is 9.59 Å². The fraction of sp³-hybridized carbons (Fsp3) is 0.200. The summed E-state index contributed by atoms with van der Waals surface area (Å²) in [5, 5.41) is 4.03. The lowest BCUT2D eigenvalue weighted by Gasteiger charge is -2.27. The Morgan fingerprint density at radius 3 is 2.81 bits per heavy atom. The van der Waals surface area contributed by atoms with Gasteiger partial charge in [-0.05, 0) is 30.7 Å². The molecule has 1 aliphatic rings. The number of carbonyl (C=O) groups is 2. The molecule has 0 saturated carbocycles. The third-order valence-corrected chi connectivity index (χ3v) is 4.92. The number of urea groups is 1. The summed E-state index contributed by atoms with van der Waals surface area (Å²) in [6.45, 7) is 3.01. The second-order valence-electron chi connectivity index (χ2n) is 6.62. The van der Waals surface area contributed by atoms with Crippen molar-refractivity contribution in [1.29, 1.82) is 0 Å². The summed E-state index contributed by atoms with van der Waals surface area (Å²) < 4.78 is 0. The number of anilines is 1. The van der Waals surface area contributed by atoms with Gasteiger partial charge in [0.25, 0.3) is 0 Å². The predicted octanol–water partition coefficient (Wildman–Crippen LogP) is 3.17. The Morgan fingerprint density at radius 2 is 2.00 bits per heavy atom. The first kappa shape index (κ1) is 16.2. The van der Waals surface area contributed by atoms with Gasteiger partial charge in [0.15, 0.2) is 0 Å². The van der Waals surface area contributed by atoms with Crippen LogP contribution in [0.15, 0.2) is 42.5 Å². The number of nitrogens with one attached hydrogen (secondary N) is 2. The lowest BCUT2D eigenvalue weighted by molar-refractivity contribution is 0.0999. The number of aryl methyl sites for hydroxylation is 1. The van der Waals surface area contributed by atoms with E-state index in [4.69, 9.17) is 5.73 Å². The maximum Gasteiger partial charge on any atom is 0.322 e. The third-order valence-electron chi connectivity index (χ3n) is 4.92. The van der Waals surface area contributed by atoms with Crippen molar-refractivity contribution >= 4 is 28.5 Å². The molecule has 0 unspecified atom stereocenters. The first-order valence-electron chi connectivity index (χ1n) is 8.58. The number of carbonyl (C=O) groups excluding carboxylic acids is 2. The number of nitrogens with zero attached hydrogens (tertiary/aromatic N) is 1. The molecule has 1 aromatic heterocycles. The molecule has 0 atom stereocenters. The highest BCUT2D eigenvalue weighted by molar-refractivity contribution is 5.97. The van der Waals surface area contributed by atoms with Crippen LogP contribution in [0, 0.1) is 6.92 Å². The molecular weight excluding hydrogens is 328 g/mol. The lowest BCUT2D eigenvalue weighted by Crippen LogP contribution is -2.38. The topological polar surface area (TPSA) is 91.2 Å². The van der Waals surface area contributed by atoms with E-state index in [1.54, 1.807) is 23.1 Å². The monoisotopic (exact) mass is 348 g/mol. The normalized spacial score (nSPS) is 13.5. The maximum atomic E-state index is 12.7. The van der Waals surface area contributed by atoms with Crippen molar-refractivity contribution in [3.63, 3.8) is 0 Å². The number of para-hydroxylation sites is 1. The molecule has 0 fully saturated rings. The Hall–Kier alpha value is -3.28. The Bertz CT molecular complexity index is 1020. The highest BCUT2D eigenvalue weighted by Crippen LogP contribution is 2.28. The Labute approximate surface area is 151 Å². The van der Waals surface area contributed by atoms with Crippen LogP contribution in [0.4, 0.5) is 10.5 Å². The van der Waals surface area contributed by atoms with Crippen LogP contribution < -0.4 is 11.1 Å². The molecular formula is C20H20N4O2. The molecule has 6 heteroatoms. The zero-order valence-electron chi connectivity index (χ0n) is 14.5. The number of amides is 3. The molecule has 26 heavy (non-hydrogen) atoms. The maximum absolute atomic E-state index is 12.7. The first-order valence-corrected chi connectivity index (χ1v) is 8.58. The van der Waals surface area contributed by atoms with Crippen molar-refractivity contribution in [3.8, 4) is 0 Å².